The van der Waals surface area contributed by atoms with E-state index < -0.39 is 0 Å². The highest BCUT2D eigenvalue weighted by molar-refractivity contribution is 5.95. The molecule has 1 aromatic rings. The lowest BCUT2D eigenvalue weighted by Gasteiger charge is -2.24. The van der Waals surface area contributed by atoms with Gasteiger partial charge >= 0.3 is 0 Å². The molecule has 0 saturated carbocycles. The van der Waals surface area contributed by atoms with E-state index in [0.717, 1.165) is 18.6 Å². The third kappa shape index (κ3) is 2.15. The molecule has 0 bridgehead atoms. The zero-order chi connectivity index (χ0) is 11.5. The first-order valence-electron chi connectivity index (χ1n) is 5.60. The van der Waals surface area contributed by atoms with E-state index in [1.54, 1.807) is 17.0 Å². The fraction of sp³-hybridized carbons (Fsp3) is 0.500. The summed E-state index contributed by atoms with van der Waals surface area (Å²) in [5, 5.41) is 0. The molecule has 0 radical (unpaired) electrons. The first-order chi connectivity index (χ1) is 7.70. The first kappa shape index (κ1) is 10.9. The number of amides is 1. The number of hydrogen-bond acceptors (Lipinski definition) is 3. The number of hydrogen-bond donors (Lipinski definition) is 0. The van der Waals surface area contributed by atoms with E-state index in [1.165, 1.54) is 0 Å². The molecular weight excluding hydrogens is 206 g/mol. The summed E-state index contributed by atoms with van der Waals surface area (Å²) < 4.78 is 5.38. The van der Waals surface area contributed by atoms with Crippen molar-refractivity contribution >= 4 is 11.7 Å². The highest BCUT2D eigenvalue weighted by Gasteiger charge is 2.24. The molecule has 2 rings (SSSR count). The number of ketones is 1. The Labute approximate surface area is 94.2 Å². The highest BCUT2D eigenvalue weighted by atomic mass is 16.4. The molecule has 16 heavy (non-hydrogen) atoms. The number of rotatable bonds is 2. The van der Waals surface area contributed by atoms with Crippen molar-refractivity contribution in [2.75, 3.05) is 13.1 Å². The van der Waals surface area contributed by atoms with Gasteiger partial charge in [-0.1, -0.05) is 6.92 Å². The van der Waals surface area contributed by atoms with Crippen molar-refractivity contribution in [3.8, 4) is 0 Å². The number of piperidine rings is 1. The van der Waals surface area contributed by atoms with Crippen LogP contribution in [0.25, 0.3) is 0 Å². The van der Waals surface area contributed by atoms with Gasteiger partial charge in [0.25, 0.3) is 5.91 Å². The first-order valence-corrected chi connectivity index (χ1v) is 5.60. The molecule has 1 saturated heterocycles. The van der Waals surface area contributed by atoms with Gasteiger partial charge in [0.15, 0.2) is 11.5 Å². The summed E-state index contributed by atoms with van der Waals surface area (Å²) in [5.41, 5.74) is 0. The van der Waals surface area contributed by atoms with Gasteiger partial charge in [-0.25, -0.2) is 0 Å². The maximum atomic E-state index is 12.0. The molecule has 1 aliphatic rings. The van der Waals surface area contributed by atoms with Crippen LogP contribution in [0.3, 0.4) is 0 Å². The molecule has 1 aliphatic heterocycles. The van der Waals surface area contributed by atoms with Gasteiger partial charge in [0.05, 0.1) is 6.54 Å². The Morgan fingerprint density at radius 3 is 2.94 bits per heavy atom. The normalized spacial score (nSPS) is 16.6. The van der Waals surface area contributed by atoms with Gasteiger partial charge in [-0.3, -0.25) is 9.59 Å². The highest BCUT2D eigenvalue weighted by Crippen LogP contribution is 2.14. The fourth-order valence-corrected chi connectivity index (χ4v) is 1.85. The molecule has 0 unspecified atom stereocenters. The van der Waals surface area contributed by atoms with Crippen molar-refractivity contribution in [1.82, 2.24) is 4.90 Å². The molecule has 0 aliphatic carbocycles. The van der Waals surface area contributed by atoms with Gasteiger partial charge in [0.1, 0.15) is 5.76 Å². The van der Waals surface area contributed by atoms with Crippen molar-refractivity contribution in [1.29, 1.82) is 0 Å². The lowest BCUT2D eigenvalue weighted by atomic mass is 10.1. The Hall–Kier alpha value is -1.58. The van der Waals surface area contributed by atoms with Gasteiger partial charge in [-0.05, 0) is 18.6 Å². The lowest BCUT2D eigenvalue weighted by Crippen LogP contribution is -2.39. The third-order valence-electron chi connectivity index (χ3n) is 2.76. The van der Waals surface area contributed by atoms with Crippen molar-refractivity contribution in [2.45, 2.75) is 26.2 Å². The molecular formula is C12H15NO3. The smallest absolute Gasteiger partial charge is 0.289 e. The number of nitrogens with zero attached hydrogens (tertiary/aromatic N) is 1. The fourth-order valence-electron chi connectivity index (χ4n) is 1.85. The minimum Gasteiger partial charge on any atom is -0.456 e. The van der Waals surface area contributed by atoms with Gasteiger partial charge in [-0.2, -0.15) is 0 Å². The topological polar surface area (TPSA) is 50.5 Å². The second-order valence-corrected chi connectivity index (χ2v) is 3.99. The standard InChI is InChI=1S/C12H15NO3/c1-2-10-5-6-11(16-10)12(15)13-7-3-4-9(14)8-13/h5-6H,2-4,7-8H2,1H3. The van der Waals surface area contributed by atoms with E-state index in [9.17, 15) is 9.59 Å². The number of aryl methyl sites for hydroxylation is 1. The molecule has 86 valence electrons. The van der Waals surface area contributed by atoms with Gasteiger partial charge in [-0.15, -0.1) is 0 Å². The average Bonchev–Trinajstić information content (AvgIpc) is 2.76. The van der Waals surface area contributed by atoms with Crippen molar-refractivity contribution in [2.24, 2.45) is 0 Å². The largest absolute Gasteiger partial charge is 0.456 e. The van der Waals surface area contributed by atoms with Crippen molar-refractivity contribution in [3.05, 3.63) is 23.7 Å². The van der Waals surface area contributed by atoms with Gasteiger partial charge < -0.3 is 9.32 Å². The Balaban J connectivity index is 2.09. The number of likely N-dealkylation sites (tertiary alicyclic amines) is 1. The summed E-state index contributed by atoms with van der Waals surface area (Å²) in [6.45, 7) is 2.84. The minimum atomic E-state index is -0.173. The summed E-state index contributed by atoms with van der Waals surface area (Å²) in [5.74, 6) is 1.09. The quantitative estimate of drug-likeness (QED) is 0.763. The van der Waals surface area contributed by atoms with Crippen LogP contribution in [0.1, 0.15) is 36.1 Å². The molecule has 0 N–H and O–H groups in total. The van der Waals surface area contributed by atoms with E-state index in [0.29, 0.717) is 18.7 Å². The molecule has 0 atom stereocenters. The third-order valence-corrected chi connectivity index (χ3v) is 2.76. The summed E-state index contributed by atoms with van der Waals surface area (Å²) >= 11 is 0. The molecule has 1 amide bonds. The number of furan rings is 1. The van der Waals surface area contributed by atoms with Crippen LogP contribution in [0.15, 0.2) is 16.5 Å². The molecule has 0 spiro atoms. The zero-order valence-electron chi connectivity index (χ0n) is 9.36. The van der Waals surface area contributed by atoms with E-state index in [4.69, 9.17) is 4.42 Å². The summed E-state index contributed by atoms with van der Waals surface area (Å²) in [6, 6.07) is 3.49. The maximum Gasteiger partial charge on any atom is 0.289 e. The lowest BCUT2D eigenvalue weighted by molar-refractivity contribution is -0.121. The van der Waals surface area contributed by atoms with Gasteiger partial charge in [0, 0.05) is 19.4 Å². The van der Waals surface area contributed by atoms with Crippen LogP contribution in [-0.4, -0.2) is 29.7 Å². The average molecular weight is 221 g/mol. The Kier molecular flexibility index (Phi) is 3.08. The van der Waals surface area contributed by atoms with E-state index in [1.807, 2.05) is 6.92 Å². The van der Waals surface area contributed by atoms with Crippen LogP contribution in [0.2, 0.25) is 0 Å². The predicted octanol–water partition coefficient (Wildman–Crippen LogP) is 1.65. The summed E-state index contributed by atoms with van der Waals surface area (Å²) in [6.07, 6.45) is 2.11. The zero-order valence-corrected chi connectivity index (χ0v) is 9.36. The number of carbonyl (C=O) groups excluding carboxylic acids is 2. The van der Waals surface area contributed by atoms with E-state index >= 15 is 0 Å². The minimum absolute atomic E-state index is 0.127. The maximum absolute atomic E-state index is 12.0. The van der Waals surface area contributed by atoms with Crippen LogP contribution < -0.4 is 0 Å². The summed E-state index contributed by atoms with van der Waals surface area (Å²) in [7, 11) is 0. The predicted molar refractivity (Wildman–Crippen MR) is 58.2 cm³/mol. The monoisotopic (exact) mass is 221 g/mol. The summed E-state index contributed by atoms with van der Waals surface area (Å²) in [4.78, 5) is 24.8. The molecule has 4 nitrogen and oxygen atoms in total. The Morgan fingerprint density at radius 2 is 2.31 bits per heavy atom. The van der Waals surface area contributed by atoms with E-state index in [2.05, 4.69) is 0 Å². The van der Waals surface area contributed by atoms with Crippen LogP contribution in [-0.2, 0) is 11.2 Å². The van der Waals surface area contributed by atoms with E-state index in [-0.39, 0.29) is 18.2 Å². The Bertz CT molecular complexity index is 408. The number of carbonyl (C=O) groups is 2. The Morgan fingerprint density at radius 1 is 1.50 bits per heavy atom. The van der Waals surface area contributed by atoms with Crippen LogP contribution in [0, 0.1) is 0 Å². The second kappa shape index (κ2) is 4.51. The van der Waals surface area contributed by atoms with Crippen molar-refractivity contribution in [3.63, 3.8) is 0 Å². The molecule has 1 aromatic heterocycles. The van der Waals surface area contributed by atoms with Crippen LogP contribution in [0.4, 0.5) is 0 Å². The van der Waals surface area contributed by atoms with Gasteiger partial charge in [0.2, 0.25) is 0 Å². The SMILES string of the molecule is CCc1ccc(C(=O)N2CCCC(=O)C2)o1. The second-order valence-electron chi connectivity index (χ2n) is 3.99. The van der Waals surface area contributed by atoms with Crippen molar-refractivity contribution < 1.29 is 14.0 Å². The molecule has 1 fully saturated rings. The molecule has 2 heterocycles. The van der Waals surface area contributed by atoms with Crippen LogP contribution >= 0.6 is 0 Å². The number of Topliss-reactive ketones (excluding diaryl/α,β-unsaturated/α-hetero) is 1. The molecule has 4 heteroatoms. The molecule has 0 aromatic carbocycles. The van der Waals surface area contributed by atoms with Crippen LogP contribution in [0.5, 0.6) is 0 Å².